The Balaban J connectivity index is 1.73. The second kappa shape index (κ2) is 10.8. The molecular weight excluding hydrogens is 531 g/mol. The summed E-state index contributed by atoms with van der Waals surface area (Å²) in [4.78, 5) is 22.2. The third-order valence-corrected chi connectivity index (χ3v) is 6.31. The van der Waals surface area contributed by atoms with Gasteiger partial charge < -0.3 is 10.1 Å². The van der Waals surface area contributed by atoms with E-state index in [0.717, 1.165) is 11.4 Å². The number of methoxy groups -OCH3 is 1. The molecule has 0 aliphatic rings. The van der Waals surface area contributed by atoms with Crippen LogP contribution in [-0.4, -0.2) is 38.0 Å². The SMILES string of the molecule is COc1ccc(Cl)cc1NC(=O)c1nnn(-c2cc(Cl)cc(Cl)c2)c1CSc1nc(C)cc(C)n1. The zero-order chi connectivity index (χ0) is 25.1. The number of benzene rings is 2. The molecule has 0 atom stereocenters. The van der Waals surface area contributed by atoms with E-state index in [1.54, 1.807) is 36.4 Å². The van der Waals surface area contributed by atoms with Gasteiger partial charge in [0.1, 0.15) is 5.75 Å². The Morgan fingerprint density at radius 2 is 1.69 bits per heavy atom. The molecule has 2 aromatic carbocycles. The van der Waals surface area contributed by atoms with Gasteiger partial charge in [-0.15, -0.1) is 5.10 Å². The highest BCUT2D eigenvalue weighted by atomic mass is 35.5. The summed E-state index contributed by atoms with van der Waals surface area (Å²) in [5, 5.41) is 13.0. The Labute approximate surface area is 221 Å². The summed E-state index contributed by atoms with van der Waals surface area (Å²) in [5.74, 6) is 0.272. The van der Waals surface area contributed by atoms with Gasteiger partial charge in [0.2, 0.25) is 0 Å². The molecule has 8 nitrogen and oxygen atoms in total. The monoisotopic (exact) mass is 548 g/mol. The van der Waals surface area contributed by atoms with Crippen molar-refractivity contribution in [2.24, 2.45) is 0 Å². The first kappa shape index (κ1) is 25.2. The van der Waals surface area contributed by atoms with Crippen LogP contribution in [0.4, 0.5) is 5.69 Å². The topological polar surface area (TPSA) is 94.8 Å². The van der Waals surface area contributed by atoms with Crippen LogP contribution in [0.15, 0.2) is 47.6 Å². The predicted molar refractivity (Wildman–Crippen MR) is 138 cm³/mol. The third kappa shape index (κ3) is 6.05. The Hall–Kier alpha value is -2.85. The smallest absolute Gasteiger partial charge is 0.278 e. The molecule has 0 saturated carbocycles. The van der Waals surface area contributed by atoms with Crippen LogP contribution in [0.3, 0.4) is 0 Å². The van der Waals surface area contributed by atoms with Crippen LogP contribution in [0, 0.1) is 13.8 Å². The Kier molecular flexibility index (Phi) is 7.81. The molecule has 0 bridgehead atoms. The van der Waals surface area contributed by atoms with Crippen LogP contribution in [-0.2, 0) is 5.75 Å². The van der Waals surface area contributed by atoms with Crippen molar-refractivity contribution in [3.05, 3.63) is 80.3 Å². The van der Waals surface area contributed by atoms with Crippen LogP contribution in [0.2, 0.25) is 15.1 Å². The van der Waals surface area contributed by atoms with Crippen LogP contribution in [0.5, 0.6) is 5.75 Å². The van der Waals surface area contributed by atoms with E-state index in [4.69, 9.17) is 39.5 Å². The average molecular weight is 550 g/mol. The highest BCUT2D eigenvalue weighted by Crippen LogP contribution is 2.30. The first-order valence-corrected chi connectivity index (χ1v) is 12.4. The van der Waals surface area contributed by atoms with E-state index >= 15 is 0 Å². The molecule has 12 heteroatoms. The van der Waals surface area contributed by atoms with Crippen molar-refractivity contribution in [3.63, 3.8) is 0 Å². The number of aryl methyl sites for hydroxylation is 2. The number of hydrogen-bond donors (Lipinski definition) is 1. The number of halogens is 3. The van der Waals surface area contributed by atoms with Crippen molar-refractivity contribution in [1.29, 1.82) is 0 Å². The van der Waals surface area contributed by atoms with Gasteiger partial charge in [0.05, 0.1) is 24.2 Å². The van der Waals surface area contributed by atoms with Crippen LogP contribution < -0.4 is 10.1 Å². The second-order valence-corrected chi connectivity index (χ2v) is 9.70. The fourth-order valence-electron chi connectivity index (χ4n) is 3.33. The van der Waals surface area contributed by atoms with Crippen molar-refractivity contribution in [2.75, 3.05) is 12.4 Å². The largest absolute Gasteiger partial charge is 0.495 e. The minimum absolute atomic E-state index is 0.111. The average Bonchev–Trinajstić information content (AvgIpc) is 3.21. The molecule has 0 radical (unpaired) electrons. The Morgan fingerprint density at radius 3 is 2.34 bits per heavy atom. The lowest BCUT2D eigenvalue weighted by atomic mass is 10.2. The number of ether oxygens (including phenoxy) is 1. The van der Waals surface area contributed by atoms with Crippen LogP contribution in [0.1, 0.15) is 27.6 Å². The number of anilines is 1. The first-order chi connectivity index (χ1) is 16.7. The lowest BCUT2D eigenvalue weighted by Crippen LogP contribution is -2.16. The van der Waals surface area contributed by atoms with Crippen LogP contribution >= 0.6 is 46.6 Å². The number of hydrogen-bond acceptors (Lipinski definition) is 7. The molecule has 1 amide bonds. The summed E-state index contributed by atoms with van der Waals surface area (Å²) in [6.45, 7) is 3.80. The number of rotatable bonds is 7. The number of nitrogens with one attached hydrogen (secondary N) is 1. The van der Waals surface area contributed by atoms with Gasteiger partial charge in [-0.3, -0.25) is 4.79 Å². The number of aromatic nitrogens is 5. The number of carbonyl (C=O) groups is 1. The molecule has 0 saturated heterocycles. The molecule has 1 N–H and O–H groups in total. The number of carbonyl (C=O) groups excluding carboxylic acids is 1. The maximum atomic E-state index is 13.3. The van der Waals surface area contributed by atoms with Gasteiger partial charge in [0.15, 0.2) is 10.9 Å². The maximum absolute atomic E-state index is 13.3. The molecule has 180 valence electrons. The molecule has 0 aliphatic heterocycles. The van der Waals surface area contributed by atoms with Gasteiger partial charge in [0.25, 0.3) is 5.91 Å². The minimum atomic E-state index is -0.484. The zero-order valence-corrected chi connectivity index (χ0v) is 21.9. The number of thioether (sulfide) groups is 1. The van der Waals surface area contributed by atoms with E-state index in [9.17, 15) is 4.79 Å². The molecular formula is C23H19Cl3N6O2S. The highest BCUT2D eigenvalue weighted by molar-refractivity contribution is 7.98. The fourth-order valence-corrected chi connectivity index (χ4v) is 4.96. The quantitative estimate of drug-likeness (QED) is 0.217. The van der Waals surface area contributed by atoms with Crippen LogP contribution in [0.25, 0.3) is 5.69 Å². The number of amides is 1. The molecule has 0 unspecified atom stereocenters. The lowest BCUT2D eigenvalue weighted by Gasteiger charge is -2.11. The van der Waals surface area contributed by atoms with Gasteiger partial charge in [-0.2, -0.15) is 0 Å². The fraction of sp³-hybridized carbons (Fsp3) is 0.174. The van der Waals surface area contributed by atoms with Crippen molar-refractivity contribution in [1.82, 2.24) is 25.0 Å². The summed E-state index contributed by atoms with van der Waals surface area (Å²) >= 11 is 19.9. The van der Waals surface area contributed by atoms with Gasteiger partial charge in [-0.1, -0.05) is 51.8 Å². The molecule has 2 aromatic heterocycles. The van der Waals surface area contributed by atoms with E-state index in [1.807, 2.05) is 19.9 Å². The lowest BCUT2D eigenvalue weighted by molar-refractivity contribution is 0.102. The van der Waals surface area contributed by atoms with E-state index in [1.165, 1.54) is 23.6 Å². The van der Waals surface area contributed by atoms with Gasteiger partial charge in [0, 0.05) is 32.2 Å². The highest BCUT2D eigenvalue weighted by Gasteiger charge is 2.23. The van der Waals surface area contributed by atoms with Crippen molar-refractivity contribution >= 4 is 58.2 Å². The minimum Gasteiger partial charge on any atom is -0.495 e. The molecule has 0 spiro atoms. The van der Waals surface area contributed by atoms with Gasteiger partial charge in [-0.05, 0) is 56.3 Å². The van der Waals surface area contributed by atoms with E-state index in [-0.39, 0.29) is 5.69 Å². The maximum Gasteiger partial charge on any atom is 0.278 e. The summed E-state index contributed by atoms with van der Waals surface area (Å²) in [7, 11) is 1.50. The molecule has 2 heterocycles. The molecule has 35 heavy (non-hydrogen) atoms. The number of nitrogens with zero attached hydrogens (tertiary/aromatic N) is 5. The summed E-state index contributed by atoms with van der Waals surface area (Å²) < 4.78 is 6.86. The van der Waals surface area contributed by atoms with E-state index in [2.05, 4.69) is 25.6 Å². The molecule has 0 fully saturated rings. The zero-order valence-electron chi connectivity index (χ0n) is 18.8. The van der Waals surface area contributed by atoms with Crippen molar-refractivity contribution in [3.8, 4) is 11.4 Å². The summed E-state index contributed by atoms with van der Waals surface area (Å²) in [6.07, 6.45) is 0. The van der Waals surface area contributed by atoms with Gasteiger partial charge >= 0.3 is 0 Å². The molecule has 0 aliphatic carbocycles. The second-order valence-electron chi connectivity index (χ2n) is 7.44. The normalized spacial score (nSPS) is 10.9. The van der Waals surface area contributed by atoms with Gasteiger partial charge in [-0.25, -0.2) is 14.6 Å². The molecule has 4 rings (SSSR count). The third-order valence-electron chi connectivity index (χ3n) is 4.78. The van der Waals surface area contributed by atoms with Crippen molar-refractivity contribution in [2.45, 2.75) is 24.8 Å². The molecule has 4 aromatic rings. The van der Waals surface area contributed by atoms with E-state index in [0.29, 0.717) is 48.8 Å². The predicted octanol–water partition coefficient (Wildman–Crippen LogP) is 6.19. The first-order valence-electron chi connectivity index (χ1n) is 10.2. The standard InChI is InChI=1S/C23H19Cl3N6O2S/c1-12-6-13(2)28-23(27-12)35-11-19-21(22(33)29-18-10-14(24)4-5-20(18)34-3)30-31-32(19)17-8-15(25)7-16(26)9-17/h4-10H,11H2,1-3H3,(H,29,33). The van der Waals surface area contributed by atoms with E-state index < -0.39 is 5.91 Å². The summed E-state index contributed by atoms with van der Waals surface area (Å²) in [5.41, 5.74) is 3.28. The Bertz CT molecular complexity index is 1370. The van der Waals surface area contributed by atoms with Crippen molar-refractivity contribution < 1.29 is 9.53 Å². The Morgan fingerprint density at radius 1 is 1.00 bits per heavy atom. The summed E-state index contributed by atoms with van der Waals surface area (Å²) in [6, 6.07) is 11.8.